The third-order valence-electron chi connectivity index (χ3n) is 1.78. The lowest BCUT2D eigenvalue weighted by molar-refractivity contribution is 1.26. The SMILES string of the molecule is Cc1ccnc2ncc(I)cc12. The van der Waals surface area contributed by atoms with Gasteiger partial charge in [0.1, 0.15) is 0 Å². The molecule has 60 valence electrons. The molecule has 0 aliphatic heterocycles. The Morgan fingerprint density at radius 1 is 1.33 bits per heavy atom. The Morgan fingerprint density at radius 2 is 2.17 bits per heavy atom. The fourth-order valence-electron chi connectivity index (χ4n) is 1.13. The normalized spacial score (nSPS) is 10.5. The molecular weight excluding hydrogens is 263 g/mol. The first kappa shape index (κ1) is 7.91. The Bertz CT molecular complexity index is 426. The van der Waals surface area contributed by atoms with E-state index in [0.29, 0.717) is 0 Å². The van der Waals surface area contributed by atoms with Crippen molar-refractivity contribution in [3.05, 3.63) is 33.7 Å². The van der Waals surface area contributed by atoms with Crippen LogP contribution in [0.15, 0.2) is 24.5 Å². The van der Waals surface area contributed by atoms with Gasteiger partial charge in [-0.05, 0) is 47.2 Å². The molecule has 12 heavy (non-hydrogen) atoms. The number of aryl methyl sites for hydroxylation is 1. The van der Waals surface area contributed by atoms with Gasteiger partial charge in [-0.25, -0.2) is 9.97 Å². The second kappa shape index (κ2) is 2.97. The van der Waals surface area contributed by atoms with Crippen molar-refractivity contribution in [2.24, 2.45) is 0 Å². The third kappa shape index (κ3) is 1.29. The number of rotatable bonds is 0. The van der Waals surface area contributed by atoms with Crippen molar-refractivity contribution in [3.8, 4) is 0 Å². The second-order valence-electron chi connectivity index (χ2n) is 2.65. The molecule has 2 nitrogen and oxygen atoms in total. The number of fused-ring (bicyclic) bond motifs is 1. The molecule has 0 radical (unpaired) electrons. The zero-order chi connectivity index (χ0) is 8.55. The van der Waals surface area contributed by atoms with Crippen LogP contribution in [0.25, 0.3) is 11.0 Å². The summed E-state index contributed by atoms with van der Waals surface area (Å²) in [4.78, 5) is 8.39. The monoisotopic (exact) mass is 270 g/mol. The molecule has 0 atom stereocenters. The number of pyridine rings is 2. The molecule has 2 heterocycles. The predicted octanol–water partition coefficient (Wildman–Crippen LogP) is 2.54. The Balaban J connectivity index is 2.88. The Labute approximate surface area is 84.2 Å². The van der Waals surface area contributed by atoms with E-state index < -0.39 is 0 Å². The van der Waals surface area contributed by atoms with E-state index in [2.05, 4.69) is 45.5 Å². The molecule has 0 saturated carbocycles. The standard InChI is InChI=1S/C9H7IN2/c1-6-2-3-11-9-8(6)4-7(10)5-12-9/h2-5H,1H3. The van der Waals surface area contributed by atoms with Gasteiger partial charge in [0.2, 0.25) is 0 Å². The first-order valence-corrected chi connectivity index (χ1v) is 4.72. The molecule has 0 amide bonds. The van der Waals surface area contributed by atoms with Crippen molar-refractivity contribution in [2.45, 2.75) is 6.92 Å². The second-order valence-corrected chi connectivity index (χ2v) is 3.90. The van der Waals surface area contributed by atoms with Gasteiger partial charge in [0.05, 0.1) is 0 Å². The average Bonchev–Trinajstić information content (AvgIpc) is 2.07. The van der Waals surface area contributed by atoms with Gasteiger partial charge in [-0.15, -0.1) is 0 Å². The highest BCUT2D eigenvalue weighted by molar-refractivity contribution is 14.1. The zero-order valence-electron chi connectivity index (χ0n) is 6.58. The Kier molecular flexibility index (Phi) is 1.96. The molecule has 0 unspecified atom stereocenters. The minimum atomic E-state index is 0.829. The van der Waals surface area contributed by atoms with Gasteiger partial charge in [-0.2, -0.15) is 0 Å². The summed E-state index contributed by atoms with van der Waals surface area (Å²) in [6, 6.07) is 4.10. The topological polar surface area (TPSA) is 25.8 Å². The van der Waals surface area contributed by atoms with Gasteiger partial charge >= 0.3 is 0 Å². The van der Waals surface area contributed by atoms with Crippen molar-refractivity contribution in [1.82, 2.24) is 9.97 Å². The first-order valence-electron chi connectivity index (χ1n) is 3.64. The molecular formula is C9H7IN2. The van der Waals surface area contributed by atoms with Gasteiger partial charge in [0.15, 0.2) is 5.65 Å². The molecule has 0 aliphatic rings. The maximum absolute atomic E-state index is 4.22. The van der Waals surface area contributed by atoms with Crippen LogP contribution in [0.3, 0.4) is 0 Å². The van der Waals surface area contributed by atoms with E-state index in [9.17, 15) is 0 Å². The maximum atomic E-state index is 4.22. The van der Waals surface area contributed by atoms with Gasteiger partial charge in [-0.3, -0.25) is 0 Å². The minimum absolute atomic E-state index is 0.829. The van der Waals surface area contributed by atoms with Crippen LogP contribution in [0.5, 0.6) is 0 Å². The van der Waals surface area contributed by atoms with Gasteiger partial charge in [0.25, 0.3) is 0 Å². The molecule has 0 saturated heterocycles. The smallest absolute Gasteiger partial charge is 0.159 e. The molecule has 0 fully saturated rings. The van der Waals surface area contributed by atoms with Crippen molar-refractivity contribution in [2.75, 3.05) is 0 Å². The summed E-state index contributed by atoms with van der Waals surface area (Å²) in [6.07, 6.45) is 3.62. The lowest BCUT2D eigenvalue weighted by Crippen LogP contribution is -1.86. The molecule has 2 aromatic rings. The summed E-state index contributed by atoms with van der Waals surface area (Å²) >= 11 is 2.25. The first-order chi connectivity index (χ1) is 5.77. The largest absolute Gasteiger partial charge is 0.237 e. The molecule has 0 bridgehead atoms. The van der Waals surface area contributed by atoms with E-state index in [4.69, 9.17) is 0 Å². The van der Waals surface area contributed by atoms with E-state index in [0.717, 1.165) is 14.6 Å². The quantitative estimate of drug-likeness (QED) is 0.687. The fraction of sp³-hybridized carbons (Fsp3) is 0.111. The molecule has 0 spiro atoms. The van der Waals surface area contributed by atoms with E-state index in [1.807, 2.05) is 12.3 Å². The van der Waals surface area contributed by atoms with Crippen LogP contribution in [0.2, 0.25) is 0 Å². The summed E-state index contributed by atoms with van der Waals surface area (Å²) in [7, 11) is 0. The summed E-state index contributed by atoms with van der Waals surface area (Å²) in [5.74, 6) is 0. The molecule has 0 aliphatic carbocycles. The molecule has 0 aromatic carbocycles. The Morgan fingerprint density at radius 3 is 3.00 bits per heavy atom. The maximum Gasteiger partial charge on any atom is 0.159 e. The fourth-order valence-corrected chi connectivity index (χ4v) is 1.59. The third-order valence-corrected chi connectivity index (χ3v) is 2.37. The highest BCUT2D eigenvalue weighted by atomic mass is 127. The lowest BCUT2D eigenvalue weighted by atomic mass is 10.2. The van der Waals surface area contributed by atoms with E-state index in [1.54, 1.807) is 6.20 Å². The van der Waals surface area contributed by atoms with Gasteiger partial charge < -0.3 is 0 Å². The summed E-state index contributed by atoms with van der Waals surface area (Å²) in [5.41, 5.74) is 2.06. The average molecular weight is 270 g/mol. The number of hydrogen-bond donors (Lipinski definition) is 0. The van der Waals surface area contributed by atoms with Crippen LogP contribution in [-0.2, 0) is 0 Å². The van der Waals surface area contributed by atoms with Crippen molar-refractivity contribution in [3.63, 3.8) is 0 Å². The van der Waals surface area contributed by atoms with Crippen LogP contribution < -0.4 is 0 Å². The lowest BCUT2D eigenvalue weighted by Gasteiger charge is -1.99. The number of halogens is 1. The van der Waals surface area contributed by atoms with Crippen molar-refractivity contribution >= 4 is 33.6 Å². The van der Waals surface area contributed by atoms with Crippen LogP contribution in [0.1, 0.15) is 5.56 Å². The summed E-state index contributed by atoms with van der Waals surface area (Å²) in [5, 5.41) is 1.14. The van der Waals surface area contributed by atoms with E-state index in [-0.39, 0.29) is 0 Å². The van der Waals surface area contributed by atoms with Crippen LogP contribution >= 0.6 is 22.6 Å². The zero-order valence-corrected chi connectivity index (χ0v) is 8.74. The van der Waals surface area contributed by atoms with Gasteiger partial charge in [-0.1, -0.05) is 0 Å². The highest BCUT2D eigenvalue weighted by Gasteiger charge is 1.98. The molecule has 3 heteroatoms. The highest BCUT2D eigenvalue weighted by Crippen LogP contribution is 2.15. The van der Waals surface area contributed by atoms with Crippen LogP contribution in [0, 0.1) is 10.5 Å². The van der Waals surface area contributed by atoms with Crippen molar-refractivity contribution in [1.29, 1.82) is 0 Å². The van der Waals surface area contributed by atoms with Gasteiger partial charge in [0, 0.05) is 21.4 Å². The van der Waals surface area contributed by atoms with Crippen molar-refractivity contribution < 1.29 is 0 Å². The van der Waals surface area contributed by atoms with Crippen LogP contribution in [-0.4, -0.2) is 9.97 Å². The predicted molar refractivity (Wildman–Crippen MR) is 57.0 cm³/mol. The summed E-state index contributed by atoms with van der Waals surface area (Å²) in [6.45, 7) is 2.07. The minimum Gasteiger partial charge on any atom is -0.237 e. The Hall–Kier alpha value is -0.710. The molecule has 2 rings (SSSR count). The van der Waals surface area contributed by atoms with Crippen LogP contribution in [0.4, 0.5) is 0 Å². The summed E-state index contributed by atoms with van der Waals surface area (Å²) < 4.78 is 1.15. The number of nitrogens with zero attached hydrogens (tertiary/aromatic N) is 2. The number of aromatic nitrogens is 2. The van der Waals surface area contributed by atoms with E-state index in [1.165, 1.54) is 5.56 Å². The molecule has 2 aromatic heterocycles. The van der Waals surface area contributed by atoms with E-state index >= 15 is 0 Å². The number of hydrogen-bond acceptors (Lipinski definition) is 2. The molecule has 0 N–H and O–H groups in total.